The summed E-state index contributed by atoms with van der Waals surface area (Å²) in [7, 11) is 0. The molecule has 4 heterocycles. The topological polar surface area (TPSA) is 132 Å². The first-order valence-electron chi connectivity index (χ1n) is 19.5. The summed E-state index contributed by atoms with van der Waals surface area (Å²) in [6.45, 7) is 14.6. The van der Waals surface area contributed by atoms with Gasteiger partial charge in [-0.25, -0.2) is 9.79 Å². The van der Waals surface area contributed by atoms with Gasteiger partial charge in [-0.3, -0.25) is 14.6 Å². The van der Waals surface area contributed by atoms with Crippen LogP contribution in [0.25, 0.3) is 5.65 Å². The number of nitrogens with zero attached hydrogens (tertiary/aromatic N) is 6. The van der Waals surface area contributed by atoms with Gasteiger partial charge in [0.2, 0.25) is 5.95 Å². The number of ether oxygens (including phenoxy) is 2. The third kappa shape index (κ3) is 8.76. The number of amides is 2. The van der Waals surface area contributed by atoms with Gasteiger partial charge in [-0.1, -0.05) is 57.2 Å². The molecule has 3 aliphatic rings. The van der Waals surface area contributed by atoms with Gasteiger partial charge in [-0.2, -0.15) is 0 Å². The number of morpholine rings is 1. The molecule has 3 N–H and O–H groups in total. The van der Waals surface area contributed by atoms with E-state index in [1.165, 1.54) is 6.42 Å². The first-order valence-corrected chi connectivity index (χ1v) is 19.5. The van der Waals surface area contributed by atoms with E-state index in [9.17, 15) is 4.79 Å². The molecule has 0 spiro atoms. The predicted molar refractivity (Wildman–Crippen MR) is 213 cm³/mol. The summed E-state index contributed by atoms with van der Waals surface area (Å²) >= 11 is 0. The number of anilines is 1. The number of pyridine rings is 1. The molecule has 12 heteroatoms. The predicted octanol–water partition coefficient (Wildman–Crippen LogP) is 7.77. The fourth-order valence-corrected chi connectivity index (χ4v) is 7.87. The molecule has 1 aliphatic carbocycles. The van der Waals surface area contributed by atoms with Gasteiger partial charge in [-0.15, -0.1) is 10.2 Å². The zero-order chi connectivity index (χ0) is 37.8. The van der Waals surface area contributed by atoms with E-state index in [-0.39, 0.29) is 30.0 Å². The lowest BCUT2D eigenvalue weighted by molar-refractivity contribution is 0.0342. The standard InChI is InChI=1S/C42H55N9O3/c1-28-10-8-11-29(2)51(28)41-48-47-39-19-16-32(27-50(39)41)54-36-18-17-35(33-14-6-7-15-34(33)36)45-40(52)46-38(25-37(43)42(3,4)5)44-31-13-9-12-30(24-31)26-49-20-22-53-23-21-49/h6-7,9,12-16,19,24,27-29,35-36,43H,8,10-11,17-18,20-23,25-26H2,1-5H3,(H2,44,45,46,52). The monoisotopic (exact) mass is 733 g/mol. The molecule has 2 amide bonds. The van der Waals surface area contributed by atoms with Gasteiger partial charge in [0, 0.05) is 43.9 Å². The van der Waals surface area contributed by atoms with E-state index in [1.807, 2.05) is 63.4 Å². The van der Waals surface area contributed by atoms with Gasteiger partial charge in [0.15, 0.2) is 5.65 Å². The van der Waals surface area contributed by atoms with Crippen molar-refractivity contribution < 1.29 is 14.3 Å². The van der Waals surface area contributed by atoms with Crippen LogP contribution in [0.1, 0.15) is 102 Å². The summed E-state index contributed by atoms with van der Waals surface area (Å²) in [5, 5.41) is 24.1. The molecule has 2 aliphatic heterocycles. The zero-order valence-corrected chi connectivity index (χ0v) is 32.3. The lowest BCUT2D eigenvalue weighted by Crippen LogP contribution is -2.44. The molecular formula is C42H55N9O3. The zero-order valence-electron chi connectivity index (χ0n) is 32.3. The van der Waals surface area contributed by atoms with Crippen LogP contribution < -0.4 is 20.3 Å². The molecule has 54 heavy (non-hydrogen) atoms. The van der Waals surface area contributed by atoms with E-state index in [0.29, 0.717) is 30.1 Å². The van der Waals surface area contributed by atoms with Crippen LogP contribution in [-0.2, 0) is 11.3 Å². The van der Waals surface area contributed by atoms with Crippen molar-refractivity contribution in [2.75, 3.05) is 31.2 Å². The molecule has 0 saturated carbocycles. The molecule has 0 radical (unpaired) electrons. The first kappa shape index (κ1) is 37.5. The molecule has 2 fully saturated rings. The lowest BCUT2D eigenvalue weighted by Gasteiger charge is -2.39. The molecule has 286 valence electrons. The molecule has 2 saturated heterocycles. The first-order chi connectivity index (χ1) is 26.0. The fourth-order valence-electron chi connectivity index (χ4n) is 7.87. The number of benzene rings is 2. The third-order valence-corrected chi connectivity index (χ3v) is 11.0. The maximum absolute atomic E-state index is 13.7. The summed E-state index contributed by atoms with van der Waals surface area (Å²) in [6, 6.07) is 20.4. The molecule has 2 aromatic heterocycles. The second-order valence-corrected chi connectivity index (χ2v) is 16.1. The number of nitrogens with one attached hydrogen (secondary N) is 3. The van der Waals surface area contributed by atoms with Crippen LogP contribution in [0.3, 0.4) is 0 Å². The number of carbonyl (C=O) groups is 1. The van der Waals surface area contributed by atoms with E-state index in [2.05, 4.69) is 73.1 Å². The third-order valence-electron chi connectivity index (χ3n) is 11.0. The fraction of sp³-hybridized carbons (Fsp3) is 0.500. The summed E-state index contributed by atoms with van der Waals surface area (Å²) in [4.78, 5) is 23.4. The van der Waals surface area contributed by atoms with Crippen molar-refractivity contribution in [1.29, 1.82) is 5.41 Å². The van der Waals surface area contributed by atoms with Crippen LogP contribution in [0.15, 0.2) is 71.9 Å². The minimum atomic E-state index is -0.362. The Morgan fingerprint density at radius 3 is 2.48 bits per heavy atom. The Morgan fingerprint density at radius 1 is 0.963 bits per heavy atom. The summed E-state index contributed by atoms with van der Waals surface area (Å²) in [5.41, 5.74) is 4.90. The molecule has 4 aromatic rings. The molecule has 12 nitrogen and oxygen atoms in total. The average Bonchev–Trinajstić information content (AvgIpc) is 3.55. The number of aliphatic imine (C=N–C) groups is 1. The van der Waals surface area contributed by atoms with Crippen molar-refractivity contribution in [3.63, 3.8) is 0 Å². The number of fused-ring (bicyclic) bond motifs is 2. The number of amidine groups is 1. The van der Waals surface area contributed by atoms with E-state index in [1.54, 1.807) is 0 Å². The van der Waals surface area contributed by atoms with Crippen molar-refractivity contribution in [3.8, 4) is 5.75 Å². The molecule has 4 atom stereocenters. The second-order valence-electron chi connectivity index (χ2n) is 16.1. The van der Waals surface area contributed by atoms with Gasteiger partial charge in [-0.05, 0) is 92.3 Å². The largest absolute Gasteiger partial charge is 0.484 e. The van der Waals surface area contributed by atoms with E-state index in [0.717, 1.165) is 91.8 Å². The lowest BCUT2D eigenvalue weighted by atomic mass is 9.85. The highest BCUT2D eigenvalue weighted by atomic mass is 16.5. The summed E-state index contributed by atoms with van der Waals surface area (Å²) < 4.78 is 14.3. The van der Waals surface area contributed by atoms with Crippen molar-refractivity contribution in [2.24, 2.45) is 10.4 Å². The van der Waals surface area contributed by atoms with Gasteiger partial charge < -0.3 is 25.1 Å². The normalized spacial score (nSPS) is 22.5. The van der Waals surface area contributed by atoms with E-state index in [4.69, 9.17) is 19.9 Å². The Labute approximate surface area is 318 Å². The van der Waals surface area contributed by atoms with Crippen molar-refractivity contribution in [1.82, 2.24) is 30.1 Å². The van der Waals surface area contributed by atoms with Crippen LogP contribution >= 0.6 is 0 Å². The van der Waals surface area contributed by atoms with Gasteiger partial charge in [0.25, 0.3) is 0 Å². The Balaban J connectivity index is 1.06. The highest BCUT2D eigenvalue weighted by molar-refractivity contribution is 6.09. The molecule has 7 rings (SSSR count). The number of urea groups is 1. The number of piperidine rings is 1. The van der Waals surface area contributed by atoms with E-state index >= 15 is 0 Å². The maximum Gasteiger partial charge on any atom is 0.320 e. The van der Waals surface area contributed by atoms with Crippen molar-refractivity contribution in [3.05, 3.63) is 83.6 Å². The number of rotatable bonds is 9. The van der Waals surface area contributed by atoms with Crippen molar-refractivity contribution in [2.45, 2.75) is 104 Å². The maximum atomic E-state index is 13.7. The van der Waals surface area contributed by atoms with Gasteiger partial charge in [0.1, 0.15) is 17.7 Å². The Hall–Kier alpha value is -4.81. The summed E-state index contributed by atoms with van der Waals surface area (Å²) in [6.07, 6.45) is 6.99. The van der Waals surface area contributed by atoms with Crippen LogP contribution in [0.5, 0.6) is 5.75 Å². The van der Waals surface area contributed by atoms with Crippen LogP contribution in [-0.4, -0.2) is 75.5 Å². The minimum Gasteiger partial charge on any atom is -0.484 e. The smallest absolute Gasteiger partial charge is 0.320 e. The van der Waals surface area contributed by atoms with Crippen LogP contribution in [0, 0.1) is 10.8 Å². The van der Waals surface area contributed by atoms with Gasteiger partial charge in [0.05, 0.1) is 31.1 Å². The number of hydrogen-bond donors (Lipinski definition) is 3. The van der Waals surface area contributed by atoms with Crippen LogP contribution in [0.4, 0.5) is 16.4 Å². The summed E-state index contributed by atoms with van der Waals surface area (Å²) in [5.74, 6) is 2.05. The highest BCUT2D eigenvalue weighted by Gasteiger charge is 2.31. The minimum absolute atomic E-state index is 0.179. The van der Waals surface area contributed by atoms with Crippen LogP contribution in [0.2, 0.25) is 0 Å². The Kier molecular flexibility index (Phi) is 11.3. The quantitative estimate of drug-likeness (QED) is 0.118. The van der Waals surface area contributed by atoms with Gasteiger partial charge >= 0.3 is 6.03 Å². The molecule has 2 aromatic carbocycles. The SMILES string of the molecule is CC1CCCC(C)N1c1nnc2ccc(OC3CCC(NC(=O)NC(CC(=N)C(C)(C)C)=Nc4cccc(CN5CCOCC5)c4)c4ccccc43)cn12. The number of aromatic nitrogens is 3. The van der Waals surface area contributed by atoms with E-state index < -0.39 is 0 Å². The molecule has 4 unspecified atom stereocenters. The number of carbonyl (C=O) groups excluding carboxylic acids is 1. The van der Waals surface area contributed by atoms with Crippen molar-refractivity contribution >= 4 is 34.9 Å². The number of hydrogen-bond acceptors (Lipinski definition) is 9. The second kappa shape index (κ2) is 16.3. The highest BCUT2D eigenvalue weighted by Crippen LogP contribution is 2.39. The Morgan fingerprint density at radius 2 is 1.72 bits per heavy atom. The molecule has 0 bridgehead atoms. The Bertz CT molecular complexity index is 1970. The molecular weight excluding hydrogens is 679 g/mol. The average molecular weight is 734 g/mol.